The van der Waals surface area contributed by atoms with Crippen LogP contribution in [0.25, 0.3) is 6.08 Å². The first-order valence-corrected chi connectivity index (χ1v) is 8.88. The zero-order chi connectivity index (χ0) is 19.9. The molecule has 1 heterocycles. The maximum atomic E-state index is 12.2. The normalized spacial score (nSPS) is 10.8. The predicted molar refractivity (Wildman–Crippen MR) is 109 cm³/mol. The summed E-state index contributed by atoms with van der Waals surface area (Å²) in [6.45, 7) is 2.35. The highest BCUT2D eigenvalue weighted by molar-refractivity contribution is 6.02. The number of para-hydroxylation sites is 1. The van der Waals surface area contributed by atoms with E-state index in [1.165, 1.54) is 6.08 Å². The molecule has 0 aliphatic carbocycles. The lowest BCUT2D eigenvalue weighted by molar-refractivity contribution is -0.111. The number of rotatable bonds is 7. The summed E-state index contributed by atoms with van der Waals surface area (Å²) in [5.74, 6) is 1.04. The number of aryl methyl sites for hydroxylation is 2. The Balaban J connectivity index is 1.64. The van der Waals surface area contributed by atoms with Crippen LogP contribution in [0.2, 0.25) is 0 Å². The molecular formula is C22H23N3O3. The molecule has 0 unspecified atom stereocenters. The molecule has 144 valence electrons. The van der Waals surface area contributed by atoms with Crippen LogP contribution in [0.5, 0.6) is 11.5 Å². The summed E-state index contributed by atoms with van der Waals surface area (Å²) in [7, 11) is 3.45. The number of benzene rings is 2. The first-order chi connectivity index (χ1) is 13.5. The Labute approximate surface area is 164 Å². The van der Waals surface area contributed by atoms with Gasteiger partial charge in [0.15, 0.2) is 11.5 Å². The Kier molecular flexibility index (Phi) is 6.11. The lowest BCUT2D eigenvalue weighted by Crippen LogP contribution is -2.08. The standard InChI is InChI=1S/C22H23N3O3/c1-16-6-4-5-7-19(16)24-22(26)11-9-17-8-10-20(21(12-17)27-3)28-15-18-13-23-25(2)14-18/h4-14H,15H2,1-3H3,(H,24,26)/b11-9+. The predicted octanol–water partition coefficient (Wildman–Crippen LogP) is 3.97. The fourth-order valence-electron chi connectivity index (χ4n) is 2.67. The van der Waals surface area contributed by atoms with Crippen LogP contribution in [0.4, 0.5) is 5.69 Å². The number of methoxy groups -OCH3 is 1. The minimum Gasteiger partial charge on any atom is -0.493 e. The van der Waals surface area contributed by atoms with Gasteiger partial charge in [0.2, 0.25) is 5.91 Å². The summed E-state index contributed by atoms with van der Waals surface area (Å²) >= 11 is 0. The summed E-state index contributed by atoms with van der Waals surface area (Å²) in [5, 5.41) is 6.99. The smallest absolute Gasteiger partial charge is 0.248 e. The number of nitrogens with zero attached hydrogens (tertiary/aromatic N) is 2. The van der Waals surface area contributed by atoms with Crippen molar-refractivity contribution >= 4 is 17.7 Å². The fraction of sp³-hybridized carbons (Fsp3) is 0.182. The number of carbonyl (C=O) groups excluding carboxylic acids is 1. The summed E-state index contributed by atoms with van der Waals surface area (Å²) < 4.78 is 13.0. The topological polar surface area (TPSA) is 65.4 Å². The molecular weight excluding hydrogens is 354 g/mol. The fourth-order valence-corrected chi connectivity index (χ4v) is 2.67. The van der Waals surface area contributed by atoms with E-state index in [2.05, 4.69) is 10.4 Å². The number of carbonyl (C=O) groups is 1. The van der Waals surface area contributed by atoms with Crippen molar-refractivity contribution in [1.29, 1.82) is 0 Å². The highest BCUT2D eigenvalue weighted by Crippen LogP contribution is 2.29. The molecule has 0 bridgehead atoms. The van der Waals surface area contributed by atoms with Crippen molar-refractivity contribution in [3.05, 3.63) is 77.6 Å². The van der Waals surface area contributed by atoms with Crippen LogP contribution < -0.4 is 14.8 Å². The molecule has 0 saturated heterocycles. The third-order valence-electron chi connectivity index (χ3n) is 4.17. The zero-order valence-corrected chi connectivity index (χ0v) is 16.2. The van der Waals surface area contributed by atoms with Crippen molar-refractivity contribution in [2.75, 3.05) is 12.4 Å². The second-order valence-electron chi connectivity index (χ2n) is 6.36. The van der Waals surface area contributed by atoms with Gasteiger partial charge in [-0.15, -0.1) is 0 Å². The lowest BCUT2D eigenvalue weighted by atomic mass is 10.1. The maximum absolute atomic E-state index is 12.2. The van der Waals surface area contributed by atoms with Gasteiger partial charge in [-0.05, 0) is 42.3 Å². The van der Waals surface area contributed by atoms with Crippen molar-refractivity contribution in [3.63, 3.8) is 0 Å². The van der Waals surface area contributed by atoms with Gasteiger partial charge in [0.1, 0.15) is 6.61 Å². The van der Waals surface area contributed by atoms with E-state index < -0.39 is 0 Å². The number of ether oxygens (including phenoxy) is 2. The molecule has 3 aromatic rings. The molecule has 3 rings (SSSR count). The van der Waals surface area contributed by atoms with Crippen LogP contribution in [0.3, 0.4) is 0 Å². The number of anilines is 1. The maximum Gasteiger partial charge on any atom is 0.248 e. The summed E-state index contributed by atoms with van der Waals surface area (Å²) in [5.41, 5.74) is 3.63. The van der Waals surface area contributed by atoms with Crippen LogP contribution in [-0.4, -0.2) is 22.8 Å². The monoisotopic (exact) mass is 377 g/mol. The van der Waals surface area contributed by atoms with Gasteiger partial charge in [0.25, 0.3) is 0 Å². The quantitative estimate of drug-likeness (QED) is 0.633. The third-order valence-corrected chi connectivity index (χ3v) is 4.17. The van der Waals surface area contributed by atoms with E-state index in [0.29, 0.717) is 18.1 Å². The number of aromatic nitrogens is 2. The van der Waals surface area contributed by atoms with Crippen molar-refractivity contribution in [2.24, 2.45) is 7.05 Å². The van der Waals surface area contributed by atoms with Gasteiger partial charge in [-0.1, -0.05) is 24.3 Å². The Hall–Kier alpha value is -3.54. The molecule has 6 heteroatoms. The van der Waals surface area contributed by atoms with Crippen LogP contribution >= 0.6 is 0 Å². The average Bonchev–Trinajstić information content (AvgIpc) is 3.12. The van der Waals surface area contributed by atoms with Gasteiger partial charge >= 0.3 is 0 Å². The molecule has 0 spiro atoms. The molecule has 1 N–H and O–H groups in total. The summed E-state index contributed by atoms with van der Waals surface area (Å²) in [4.78, 5) is 12.2. The van der Waals surface area contributed by atoms with E-state index in [-0.39, 0.29) is 5.91 Å². The Morgan fingerprint density at radius 3 is 2.75 bits per heavy atom. The summed E-state index contributed by atoms with van der Waals surface area (Å²) in [6.07, 6.45) is 6.89. The highest BCUT2D eigenvalue weighted by atomic mass is 16.5. The van der Waals surface area contributed by atoms with Crippen LogP contribution in [0.1, 0.15) is 16.7 Å². The van der Waals surface area contributed by atoms with Crippen molar-refractivity contribution in [1.82, 2.24) is 9.78 Å². The van der Waals surface area contributed by atoms with Crippen LogP contribution in [0, 0.1) is 6.92 Å². The van der Waals surface area contributed by atoms with E-state index in [9.17, 15) is 4.79 Å². The molecule has 0 radical (unpaired) electrons. The van der Waals surface area contributed by atoms with E-state index in [4.69, 9.17) is 9.47 Å². The largest absolute Gasteiger partial charge is 0.493 e. The van der Waals surface area contributed by atoms with E-state index in [1.807, 2.05) is 62.6 Å². The Morgan fingerprint density at radius 2 is 2.04 bits per heavy atom. The van der Waals surface area contributed by atoms with Gasteiger partial charge in [0.05, 0.1) is 13.3 Å². The van der Waals surface area contributed by atoms with E-state index >= 15 is 0 Å². The molecule has 2 aromatic carbocycles. The third kappa shape index (κ3) is 5.01. The number of amides is 1. The lowest BCUT2D eigenvalue weighted by Gasteiger charge is -2.10. The first-order valence-electron chi connectivity index (χ1n) is 8.88. The number of nitrogens with one attached hydrogen (secondary N) is 1. The molecule has 28 heavy (non-hydrogen) atoms. The molecule has 0 fully saturated rings. The van der Waals surface area contributed by atoms with Gasteiger partial charge in [-0.3, -0.25) is 9.48 Å². The summed E-state index contributed by atoms with van der Waals surface area (Å²) in [6, 6.07) is 13.2. The van der Waals surface area contributed by atoms with Crippen LogP contribution in [-0.2, 0) is 18.4 Å². The second kappa shape index (κ2) is 8.90. The highest BCUT2D eigenvalue weighted by Gasteiger charge is 2.07. The second-order valence-corrected chi connectivity index (χ2v) is 6.36. The first kappa shape index (κ1) is 19.2. The average molecular weight is 377 g/mol. The van der Waals surface area contributed by atoms with E-state index in [0.717, 1.165) is 22.4 Å². The minimum atomic E-state index is -0.190. The zero-order valence-electron chi connectivity index (χ0n) is 16.2. The molecule has 1 amide bonds. The molecule has 0 atom stereocenters. The Bertz CT molecular complexity index is 992. The number of hydrogen-bond acceptors (Lipinski definition) is 4. The molecule has 1 aromatic heterocycles. The van der Waals surface area contributed by atoms with Gasteiger partial charge in [-0.2, -0.15) is 5.10 Å². The van der Waals surface area contributed by atoms with Crippen LogP contribution in [0.15, 0.2) is 60.9 Å². The number of hydrogen-bond donors (Lipinski definition) is 1. The van der Waals surface area contributed by atoms with Crippen molar-refractivity contribution in [3.8, 4) is 11.5 Å². The van der Waals surface area contributed by atoms with Gasteiger partial charge in [0, 0.05) is 30.6 Å². The van der Waals surface area contributed by atoms with E-state index in [1.54, 1.807) is 24.1 Å². The van der Waals surface area contributed by atoms with Gasteiger partial charge in [-0.25, -0.2) is 0 Å². The molecule has 0 aliphatic rings. The molecule has 0 aliphatic heterocycles. The Morgan fingerprint density at radius 1 is 1.21 bits per heavy atom. The van der Waals surface area contributed by atoms with Gasteiger partial charge < -0.3 is 14.8 Å². The SMILES string of the molecule is COc1cc(/C=C/C(=O)Nc2ccccc2C)ccc1OCc1cnn(C)c1. The molecule has 0 saturated carbocycles. The minimum absolute atomic E-state index is 0.190. The van der Waals surface area contributed by atoms with Crippen molar-refractivity contribution in [2.45, 2.75) is 13.5 Å². The molecule has 6 nitrogen and oxygen atoms in total. The van der Waals surface area contributed by atoms with Crippen molar-refractivity contribution < 1.29 is 14.3 Å².